The van der Waals surface area contributed by atoms with Gasteiger partial charge in [-0.15, -0.1) is 0 Å². The van der Waals surface area contributed by atoms with Crippen molar-refractivity contribution in [1.82, 2.24) is 0 Å². The smallest absolute Gasteiger partial charge is 0.194 e. The van der Waals surface area contributed by atoms with Crippen LogP contribution >= 0.6 is 11.3 Å². The van der Waals surface area contributed by atoms with E-state index in [1.165, 1.54) is 26.9 Å². The molecule has 0 aliphatic heterocycles. The molecule has 0 atom stereocenters. The Labute approximate surface area is 432 Å². The number of hydrogen-bond donors (Lipinski definition) is 0. The molecule has 0 N–H and O–H groups in total. The minimum absolute atomic E-state index is 0.691. The Balaban J connectivity index is 0.000000336. The maximum atomic E-state index is 14.2. The number of rotatable bonds is 7. The van der Waals surface area contributed by atoms with Crippen LogP contribution in [0.5, 0.6) is 0 Å². The van der Waals surface area contributed by atoms with E-state index < -0.39 is 195 Å². The van der Waals surface area contributed by atoms with Crippen LogP contribution in [0, 0.1) is 0 Å². The lowest BCUT2D eigenvalue weighted by Crippen LogP contribution is -2.75. The minimum atomic E-state index is -6.13. The van der Waals surface area contributed by atoms with Gasteiger partial charge in [-0.25, -0.2) is 0 Å². The number of nitrogens with zero attached hydrogens (tertiary/aromatic N) is 1. The van der Waals surface area contributed by atoms with E-state index in [0.29, 0.717) is 0 Å². The summed E-state index contributed by atoms with van der Waals surface area (Å²) < 4.78 is 343. The van der Waals surface area contributed by atoms with Crippen LogP contribution in [0.1, 0.15) is 50.1 Å². The minimum Gasteiger partial charge on any atom is -0.194 e. The molecule has 0 unspecified atom stereocenters. The molecule has 0 spiro atoms. The average molecular weight is 1170 g/mol. The third kappa shape index (κ3) is 13.1. The first-order chi connectivity index (χ1) is 36.2. The summed E-state index contributed by atoms with van der Waals surface area (Å²) in [5.74, 6) is 0. The van der Waals surface area contributed by atoms with Gasteiger partial charge in [0.1, 0.15) is 6.15 Å². The van der Waals surface area contributed by atoms with Gasteiger partial charge in [0, 0.05) is 5.56 Å². The molecule has 0 fully saturated rings. The molecule has 27 heteroatoms. The first kappa shape index (κ1) is 59.5. The lowest BCUT2D eigenvalue weighted by atomic mass is 9.12. The van der Waals surface area contributed by atoms with Gasteiger partial charge in [-0.2, -0.15) is 132 Å². The molecule has 0 radical (unpaired) electrons. The quantitative estimate of drug-likeness (QED) is 0.0851. The Morgan fingerprint density at radius 3 is 0.937 bits per heavy atom. The number of hydrogen-bond acceptors (Lipinski definition) is 1. The summed E-state index contributed by atoms with van der Waals surface area (Å²) in [7, 11) is 0. The van der Waals surface area contributed by atoms with Gasteiger partial charge in [-0.1, -0.05) is 127 Å². The summed E-state index contributed by atoms with van der Waals surface area (Å²) in [5.41, 5.74) is -27.6. The maximum absolute atomic E-state index is 14.2. The highest BCUT2D eigenvalue weighted by Crippen LogP contribution is 2.42. The molecule has 418 valence electrons. The van der Waals surface area contributed by atoms with Gasteiger partial charge < -0.3 is 0 Å². The van der Waals surface area contributed by atoms with Gasteiger partial charge >= 0.3 is 49.4 Å². The van der Waals surface area contributed by atoms with Gasteiger partial charge in [0.2, 0.25) is 0 Å². The largest absolute Gasteiger partial charge is 0.416 e. The molecule has 1 aromatic heterocycles. The number of fused-ring (bicyclic) bond motifs is 1. The second-order valence-electron chi connectivity index (χ2n) is 17.6. The summed E-state index contributed by atoms with van der Waals surface area (Å²) in [4.78, 5) is 0. The Kier molecular flexibility index (Phi) is 15.7. The van der Waals surface area contributed by atoms with Crippen LogP contribution in [0.4, 0.5) is 105 Å². The second-order valence-corrected chi connectivity index (χ2v) is 18.5. The van der Waals surface area contributed by atoms with E-state index in [0.717, 1.165) is 6.54 Å². The Hall–Kier alpha value is -7.19. The van der Waals surface area contributed by atoms with Gasteiger partial charge in [0.25, 0.3) is 5.01 Å². The normalized spacial score (nSPS) is 13.4. The fraction of sp³-hybridized carbons (Fsp3) is 0.173. The Morgan fingerprint density at radius 1 is 0.329 bits per heavy atom. The van der Waals surface area contributed by atoms with Crippen molar-refractivity contribution in [3.8, 4) is 10.6 Å². The maximum Gasteiger partial charge on any atom is 0.416 e. The molecule has 0 aliphatic rings. The number of alkyl halides is 24. The standard InChI is InChI=1S/C32H12BF24.C20H16NS/c34-25(35,36)13-1-14(26(37,38)39)6-21(5-13)33(22-7-15(27(40,41)42)2-16(8-22)28(43,44)45,23-9-17(29(46,47)48)3-18(10-23)30(49,50)51)24-11-19(31(52,53)54)4-20(12-24)32(55,56)57;1-2-7-16(8-3-1)15-21-13-14-22-20(21)19-12-6-10-17-9-4-5-11-18(17)19/h1-12H;1-14H,15H2/q-1;+1. The number of thiazole rings is 1. The van der Waals surface area contributed by atoms with Crippen molar-refractivity contribution in [2.24, 2.45) is 0 Å². The van der Waals surface area contributed by atoms with E-state index in [1.54, 1.807) is 11.3 Å². The van der Waals surface area contributed by atoms with Crippen molar-refractivity contribution in [1.29, 1.82) is 0 Å². The topological polar surface area (TPSA) is 3.88 Å². The zero-order valence-corrected chi connectivity index (χ0v) is 39.5. The third-order valence-corrected chi connectivity index (χ3v) is 13.3. The molecular formula is C52H28BF24NS. The van der Waals surface area contributed by atoms with E-state index in [4.69, 9.17) is 0 Å². The molecule has 0 saturated carbocycles. The summed E-state index contributed by atoms with van der Waals surface area (Å²) in [6, 6.07) is 16.9. The molecule has 1 nitrogen and oxygen atoms in total. The second kappa shape index (κ2) is 20.8. The summed E-state index contributed by atoms with van der Waals surface area (Å²) in [6.45, 7) is 0.906. The highest BCUT2D eigenvalue weighted by Gasteiger charge is 2.47. The number of halogens is 24. The molecular weight excluding hydrogens is 1140 g/mol. The molecule has 7 aromatic carbocycles. The molecule has 0 saturated heterocycles. The van der Waals surface area contributed by atoms with E-state index in [9.17, 15) is 105 Å². The van der Waals surface area contributed by atoms with Gasteiger partial charge in [-0.05, 0) is 41.1 Å². The van der Waals surface area contributed by atoms with E-state index in [-0.39, 0.29) is 0 Å². The van der Waals surface area contributed by atoms with Crippen LogP contribution in [0.25, 0.3) is 21.3 Å². The van der Waals surface area contributed by atoms with Crippen LogP contribution in [0.2, 0.25) is 0 Å². The van der Waals surface area contributed by atoms with E-state index >= 15 is 0 Å². The third-order valence-electron chi connectivity index (χ3n) is 12.3. The lowest BCUT2D eigenvalue weighted by Gasteiger charge is -2.46. The highest BCUT2D eigenvalue weighted by atomic mass is 32.1. The van der Waals surface area contributed by atoms with Crippen LogP contribution in [0.15, 0.2) is 157 Å². The molecule has 79 heavy (non-hydrogen) atoms. The Bertz CT molecular complexity index is 3040. The predicted molar refractivity (Wildman–Crippen MR) is 243 cm³/mol. The summed E-state index contributed by atoms with van der Waals surface area (Å²) >= 11 is 1.80. The number of aromatic nitrogens is 1. The fourth-order valence-corrected chi connectivity index (χ4v) is 9.81. The fourth-order valence-electron chi connectivity index (χ4n) is 8.91. The van der Waals surface area contributed by atoms with Crippen molar-refractivity contribution >= 4 is 50.1 Å². The van der Waals surface area contributed by atoms with Crippen LogP contribution in [0.3, 0.4) is 0 Å². The van der Waals surface area contributed by atoms with Crippen molar-refractivity contribution < 1.29 is 110 Å². The molecule has 0 bridgehead atoms. The van der Waals surface area contributed by atoms with Gasteiger partial charge in [0.15, 0.2) is 12.7 Å². The van der Waals surface area contributed by atoms with Crippen molar-refractivity contribution in [3.05, 3.63) is 207 Å². The molecule has 0 aliphatic carbocycles. The highest BCUT2D eigenvalue weighted by molar-refractivity contribution is 7.20. The average Bonchev–Trinajstić information content (AvgIpc) is 3.96. The van der Waals surface area contributed by atoms with E-state index in [1.807, 2.05) is 0 Å². The van der Waals surface area contributed by atoms with Crippen molar-refractivity contribution in [3.63, 3.8) is 0 Å². The number of benzene rings is 7. The van der Waals surface area contributed by atoms with Crippen LogP contribution in [-0.2, 0) is 56.0 Å². The first-order valence-electron chi connectivity index (χ1n) is 22.0. The van der Waals surface area contributed by atoms with Crippen LogP contribution < -0.4 is 26.4 Å². The van der Waals surface area contributed by atoms with Gasteiger partial charge in [-0.3, -0.25) is 0 Å². The van der Waals surface area contributed by atoms with E-state index in [2.05, 4.69) is 88.9 Å². The SMILES string of the molecule is FC(F)(F)c1cc([B-](c2cc(C(F)(F)F)cc(C(F)(F)F)c2)(c2cc(C(F)(F)F)cc(C(F)(F)F)c2)c2cc(C(F)(F)F)cc(C(F)(F)F)c2)cc(C(F)(F)F)c1.c1ccc(C[n+]2ccsc2-c2cccc3ccccc23)cc1. The molecule has 0 amide bonds. The molecule has 8 aromatic rings. The molecule has 1 heterocycles. The van der Waals surface area contributed by atoms with Crippen molar-refractivity contribution in [2.45, 2.75) is 56.0 Å². The van der Waals surface area contributed by atoms with Gasteiger partial charge in [0.05, 0.1) is 55.5 Å². The zero-order valence-electron chi connectivity index (χ0n) is 38.7. The van der Waals surface area contributed by atoms with Crippen LogP contribution in [-0.4, -0.2) is 6.15 Å². The van der Waals surface area contributed by atoms with Crippen molar-refractivity contribution in [2.75, 3.05) is 0 Å². The Morgan fingerprint density at radius 2 is 0.620 bits per heavy atom. The summed E-state index contributed by atoms with van der Waals surface area (Å²) in [6.07, 6.45) is -52.6. The lowest BCUT2D eigenvalue weighted by molar-refractivity contribution is -0.673. The first-order valence-corrected chi connectivity index (χ1v) is 22.9. The predicted octanol–water partition coefficient (Wildman–Crippen LogP) is 16.1. The summed E-state index contributed by atoms with van der Waals surface area (Å²) in [5, 5.41) is 6.08. The molecule has 8 rings (SSSR count). The zero-order chi connectivity index (χ0) is 58.7. The monoisotopic (exact) mass is 1170 g/mol.